The predicted octanol–water partition coefficient (Wildman–Crippen LogP) is 3.00. The topological polar surface area (TPSA) is 39.9 Å². The van der Waals surface area contributed by atoms with Crippen molar-refractivity contribution in [3.63, 3.8) is 0 Å². The summed E-state index contributed by atoms with van der Waals surface area (Å²) in [5.41, 5.74) is 0.371. The number of benzene rings is 1. The summed E-state index contributed by atoms with van der Waals surface area (Å²) >= 11 is 0. The van der Waals surface area contributed by atoms with Gasteiger partial charge in [0.1, 0.15) is 6.07 Å². The molecule has 0 aliphatic heterocycles. The van der Waals surface area contributed by atoms with Crippen molar-refractivity contribution in [1.82, 2.24) is 4.98 Å². The number of anilines is 2. The third-order valence-electron chi connectivity index (χ3n) is 2.58. The normalized spacial score (nSPS) is 9.89. The van der Waals surface area contributed by atoms with Crippen LogP contribution >= 0.6 is 0 Å². The number of nitriles is 1. The van der Waals surface area contributed by atoms with E-state index in [9.17, 15) is 8.78 Å². The van der Waals surface area contributed by atoms with Crippen molar-refractivity contribution in [3.05, 3.63) is 53.9 Å². The van der Waals surface area contributed by atoms with E-state index in [0.29, 0.717) is 5.69 Å². The number of hydrogen-bond acceptors (Lipinski definition) is 3. The fourth-order valence-corrected chi connectivity index (χ4v) is 1.58. The maximum atomic E-state index is 13.8. The first-order valence-electron chi connectivity index (χ1n) is 5.17. The summed E-state index contributed by atoms with van der Waals surface area (Å²) < 4.78 is 27.3. The van der Waals surface area contributed by atoms with Gasteiger partial charge in [-0.3, -0.25) is 4.98 Å². The lowest BCUT2D eigenvalue weighted by atomic mass is 10.2. The van der Waals surface area contributed by atoms with Crippen LogP contribution in [0.3, 0.4) is 0 Å². The number of nitrogens with zero attached hydrogens (tertiary/aromatic N) is 3. The number of rotatable bonds is 2. The van der Waals surface area contributed by atoms with Crippen LogP contribution in [0.2, 0.25) is 0 Å². The van der Waals surface area contributed by atoms with Gasteiger partial charge in [0.05, 0.1) is 23.1 Å². The van der Waals surface area contributed by atoms with Crippen molar-refractivity contribution >= 4 is 11.4 Å². The second-order valence-corrected chi connectivity index (χ2v) is 3.64. The molecule has 0 aliphatic carbocycles. The number of pyridine rings is 1. The first-order valence-corrected chi connectivity index (χ1v) is 5.17. The summed E-state index contributed by atoms with van der Waals surface area (Å²) in [7, 11) is 1.60. The molecule has 0 N–H and O–H groups in total. The standard InChI is InChI=1S/C13H9F2N3/c1-18(10-3-2-6-17-8-10)11-5-4-9(7-16)12(14)13(11)15/h2-6,8H,1H3. The highest BCUT2D eigenvalue weighted by molar-refractivity contribution is 5.63. The van der Waals surface area contributed by atoms with Crippen LogP contribution in [0, 0.1) is 23.0 Å². The Kier molecular flexibility index (Phi) is 3.20. The molecule has 2 aromatic rings. The minimum Gasteiger partial charge on any atom is -0.341 e. The molecule has 0 saturated carbocycles. The molecule has 1 heterocycles. The minimum absolute atomic E-state index is 0.0551. The third-order valence-corrected chi connectivity index (χ3v) is 2.58. The van der Waals surface area contributed by atoms with E-state index < -0.39 is 11.6 Å². The van der Waals surface area contributed by atoms with E-state index in [4.69, 9.17) is 5.26 Å². The fourth-order valence-electron chi connectivity index (χ4n) is 1.58. The summed E-state index contributed by atoms with van der Waals surface area (Å²) in [4.78, 5) is 5.37. The van der Waals surface area contributed by atoms with E-state index in [-0.39, 0.29) is 11.3 Å². The van der Waals surface area contributed by atoms with Crippen LogP contribution in [-0.2, 0) is 0 Å². The van der Waals surface area contributed by atoms with E-state index in [2.05, 4.69) is 4.98 Å². The highest BCUT2D eigenvalue weighted by atomic mass is 19.2. The molecule has 0 bridgehead atoms. The third kappa shape index (κ3) is 2.00. The van der Waals surface area contributed by atoms with Gasteiger partial charge in [-0.05, 0) is 24.3 Å². The zero-order valence-electron chi connectivity index (χ0n) is 9.56. The average Bonchev–Trinajstić information content (AvgIpc) is 2.42. The molecule has 0 unspecified atom stereocenters. The van der Waals surface area contributed by atoms with Crippen LogP contribution in [0.4, 0.5) is 20.2 Å². The molecule has 18 heavy (non-hydrogen) atoms. The Morgan fingerprint density at radius 3 is 2.61 bits per heavy atom. The Morgan fingerprint density at radius 2 is 2.00 bits per heavy atom. The molecule has 0 radical (unpaired) electrons. The second kappa shape index (κ2) is 4.80. The van der Waals surface area contributed by atoms with Gasteiger partial charge in [0, 0.05) is 13.2 Å². The summed E-state index contributed by atoms with van der Waals surface area (Å²) in [6.45, 7) is 0. The second-order valence-electron chi connectivity index (χ2n) is 3.64. The van der Waals surface area contributed by atoms with Crippen molar-refractivity contribution in [3.8, 4) is 6.07 Å². The lowest BCUT2D eigenvalue weighted by molar-refractivity contribution is 0.507. The zero-order chi connectivity index (χ0) is 13.1. The van der Waals surface area contributed by atoms with Crippen molar-refractivity contribution < 1.29 is 8.78 Å². The van der Waals surface area contributed by atoms with Crippen molar-refractivity contribution in [1.29, 1.82) is 5.26 Å². The smallest absolute Gasteiger partial charge is 0.183 e. The largest absolute Gasteiger partial charge is 0.341 e. The van der Waals surface area contributed by atoms with Gasteiger partial charge >= 0.3 is 0 Å². The van der Waals surface area contributed by atoms with Crippen LogP contribution in [0.25, 0.3) is 0 Å². The SMILES string of the molecule is CN(c1cccnc1)c1ccc(C#N)c(F)c1F. The number of aromatic nitrogens is 1. The molecular weight excluding hydrogens is 236 g/mol. The van der Waals surface area contributed by atoms with Crippen LogP contribution in [0.1, 0.15) is 5.56 Å². The van der Waals surface area contributed by atoms with E-state index >= 15 is 0 Å². The van der Waals surface area contributed by atoms with Crippen LogP contribution < -0.4 is 4.90 Å². The van der Waals surface area contributed by atoms with Crippen LogP contribution in [0.15, 0.2) is 36.7 Å². The van der Waals surface area contributed by atoms with Crippen molar-refractivity contribution in [2.75, 3.05) is 11.9 Å². The molecule has 1 aromatic heterocycles. The Labute approximate surface area is 103 Å². The molecular formula is C13H9F2N3. The monoisotopic (exact) mass is 245 g/mol. The Morgan fingerprint density at radius 1 is 1.22 bits per heavy atom. The molecule has 0 spiro atoms. The van der Waals surface area contributed by atoms with Gasteiger partial charge in [0.15, 0.2) is 11.6 Å². The molecule has 0 saturated heterocycles. The Bertz CT molecular complexity index is 606. The van der Waals surface area contributed by atoms with E-state index in [1.54, 1.807) is 31.4 Å². The van der Waals surface area contributed by atoms with Crippen LogP contribution in [0.5, 0.6) is 0 Å². The van der Waals surface area contributed by atoms with Gasteiger partial charge in [-0.25, -0.2) is 8.78 Å². The summed E-state index contributed by atoms with van der Waals surface area (Å²) in [6, 6.07) is 7.63. The van der Waals surface area contributed by atoms with Gasteiger partial charge in [-0.15, -0.1) is 0 Å². The summed E-state index contributed by atoms with van der Waals surface area (Å²) in [6.07, 6.45) is 3.13. The summed E-state index contributed by atoms with van der Waals surface area (Å²) in [5, 5.41) is 8.61. The molecule has 1 aromatic carbocycles. The van der Waals surface area contributed by atoms with Crippen LogP contribution in [-0.4, -0.2) is 12.0 Å². The Hall–Kier alpha value is -2.48. The molecule has 0 aliphatic rings. The average molecular weight is 245 g/mol. The van der Waals surface area contributed by atoms with Crippen molar-refractivity contribution in [2.24, 2.45) is 0 Å². The van der Waals surface area contributed by atoms with Gasteiger partial charge in [0.25, 0.3) is 0 Å². The number of hydrogen-bond donors (Lipinski definition) is 0. The molecule has 3 nitrogen and oxygen atoms in total. The number of halogens is 2. The molecule has 90 valence electrons. The van der Waals surface area contributed by atoms with Gasteiger partial charge < -0.3 is 4.90 Å². The van der Waals surface area contributed by atoms with E-state index in [1.807, 2.05) is 0 Å². The molecule has 5 heteroatoms. The van der Waals surface area contributed by atoms with E-state index in [1.165, 1.54) is 23.2 Å². The molecule has 0 atom stereocenters. The molecule has 0 fully saturated rings. The van der Waals surface area contributed by atoms with Gasteiger partial charge in [0.2, 0.25) is 0 Å². The molecule has 2 rings (SSSR count). The Balaban J connectivity index is 2.47. The lowest BCUT2D eigenvalue weighted by Gasteiger charge is -2.19. The minimum atomic E-state index is -1.13. The zero-order valence-corrected chi connectivity index (χ0v) is 9.56. The van der Waals surface area contributed by atoms with Gasteiger partial charge in [-0.1, -0.05) is 0 Å². The van der Waals surface area contributed by atoms with Gasteiger partial charge in [-0.2, -0.15) is 5.26 Å². The fraction of sp³-hybridized carbons (Fsp3) is 0.0769. The quantitative estimate of drug-likeness (QED) is 0.816. The lowest BCUT2D eigenvalue weighted by Crippen LogP contribution is -2.12. The highest BCUT2D eigenvalue weighted by Crippen LogP contribution is 2.28. The highest BCUT2D eigenvalue weighted by Gasteiger charge is 2.16. The predicted molar refractivity (Wildman–Crippen MR) is 63.4 cm³/mol. The van der Waals surface area contributed by atoms with E-state index in [0.717, 1.165) is 0 Å². The maximum absolute atomic E-state index is 13.8. The molecule has 0 amide bonds. The van der Waals surface area contributed by atoms with Crippen molar-refractivity contribution in [2.45, 2.75) is 0 Å². The maximum Gasteiger partial charge on any atom is 0.183 e. The first kappa shape index (κ1) is 12.0. The first-order chi connectivity index (χ1) is 8.65. The summed E-state index contributed by atoms with van der Waals surface area (Å²) in [5.74, 6) is -2.17.